The van der Waals surface area contributed by atoms with Crippen LogP contribution in [0.1, 0.15) is 41.7 Å². The van der Waals surface area contributed by atoms with Gasteiger partial charge in [0.15, 0.2) is 0 Å². The summed E-state index contributed by atoms with van der Waals surface area (Å²) in [4.78, 5) is 16.5. The second-order valence-electron chi connectivity index (χ2n) is 5.02. The topological polar surface area (TPSA) is 46.4 Å². The van der Waals surface area contributed by atoms with E-state index in [0.717, 1.165) is 24.2 Å². The van der Waals surface area contributed by atoms with E-state index in [9.17, 15) is 4.79 Å². The maximum atomic E-state index is 12.1. The standard InChI is InChI=1S/C14H17N3O/c1-10-9-17-7-6-11(8-13(17)15-10)14(18)16-12-4-2-3-5-12/h6-9,12H,2-5H2,1H3,(H,16,18). The van der Waals surface area contributed by atoms with E-state index in [2.05, 4.69) is 10.3 Å². The number of amides is 1. The molecule has 0 bridgehead atoms. The Hall–Kier alpha value is -1.84. The molecule has 1 fully saturated rings. The second-order valence-corrected chi connectivity index (χ2v) is 5.02. The summed E-state index contributed by atoms with van der Waals surface area (Å²) in [5, 5.41) is 3.09. The van der Waals surface area contributed by atoms with Crippen LogP contribution < -0.4 is 5.32 Å². The number of aromatic nitrogens is 2. The monoisotopic (exact) mass is 243 g/mol. The summed E-state index contributed by atoms with van der Waals surface area (Å²) in [6.45, 7) is 1.95. The third-order valence-corrected chi connectivity index (χ3v) is 3.53. The second kappa shape index (κ2) is 4.44. The van der Waals surface area contributed by atoms with Gasteiger partial charge in [-0.25, -0.2) is 4.98 Å². The average Bonchev–Trinajstić information content (AvgIpc) is 2.95. The highest BCUT2D eigenvalue weighted by Crippen LogP contribution is 2.18. The number of aryl methyl sites for hydroxylation is 1. The van der Waals surface area contributed by atoms with Gasteiger partial charge in [0, 0.05) is 24.0 Å². The van der Waals surface area contributed by atoms with Crippen molar-refractivity contribution in [1.82, 2.24) is 14.7 Å². The maximum Gasteiger partial charge on any atom is 0.251 e. The first kappa shape index (κ1) is 11.3. The SMILES string of the molecule is Cc1cn2ccc(C(=O)NC3CCCC3)cc2n1. The van der Waals surface area contributed by atoms with Crippen LogP contribution in [0.25, 0.3) is 5.65 Å². The van der Waals surface area contributed by atoms with Crippen molar-refractivity contribution in [2.24, 2.45) is 0 Å². The molecule has 1 aliphatic carbocycles. The molecule has 1 N–H and O–H groups in total. The molecule has 0 aliphatic heterocycles. The summed E-state index contributed by atoms with van der Waals surface area (Å²) in [7, 11) is 0. The minimum atomic E-state index is 0.0186. The third kappa shape index (κ3) is 2.10. The van der Waals surface area contributed by atoms with Crippen molar-refractivity contribution >= 4 is 11.6 Å². The van der Waals surface area contributed by atoms with Crippen LogP contribution in [0.3, 0.4) is 0 Å². The van der Waals surface area contributed by atoms with Gasteiger partial charge < -0.3 is 9.72 Å². The molecule has 1 amide bonds. The predicted octanol–water partition coefficient (Wildman–Crippen LogP) is 2.32. The van der Waals surface area contributed by atoms with E-state index in [0.29, 0.717) is 11.6 Å². The molecular weight excluding hydrogens is 226 g/mol. The minimum absolute atomic E-state index is 0.0186. The lowest BCUT2D eigenvalue weighted by Gasteiger charge is -2.11. The van der Waals surface area contributed by atoms with E-state index in [1.54, 1.807) is 0 Å². The zero-order chi connectivity index (χ0) is 12.5. The normalized spacial score (nSPS) is 16.3. The van der Waals surface area contributed by atoms with Crippen LogP contribution in [0.4, 0.5) is 0 Å². The number of fused-ring (bicyclic) bond motifs is 1. The Morgan fingerprint density at radius 1 is 1.44 bits per heavy atom. The largest absolute Gasteiger partial charge is 0.349 e. The predicted molar refractivity (Wildman–Crippen MR) is 69.7 cm³/mol. The number of hydrogen-bond acceptors (Lipinski definition) is 2. The van der Waals surface area contributed by atoms with Crippen LogP contribution in [0, 0.1) is 6.92 Å². The molecule has 3 rings (SSSR count). The Balaban J connectivity index is 1.81. The Kier molecular flexibility index (Phi) is 2.78. The molecule has 0 aromatic carbocycles. The van der Waals surface area contributed by atoms with Crippen LogP contribution in [0.2, 0.25) is 0 Å². The van der Waals surface area contributed by atoms with Gasteiger partial charge >= 0.3 is 0 Å². The van der Waals surface area contributed by atoms with Crippen LogP contribution in [0.5, 0.6) is 0 Å². The van der Waals surface area contributed by atoms with E-state index in [1.165, 1.54) is 12.8 Å². The fourth-order valence-electron chi connectivity index (χ4n) is 2.59. The van der Waals surface area contributed by atoms with E-state index in [-0.39, 0.29) is 5.91 Å². The molecule has 0 spiro atoms. The Bertz CT molecular complexity index is 582. The van der Waals surface area contributed by atoms with Crippen molar-refractivity contribution in [3.63, 3.8) is 0 Å². The Labute approximate surface area is 106 Å². The summed E-state index contributed by atoms with van der Waals surface area (Å²) in [5.74, 6) is 0.0186. The lowest BCUT2D eigenvalue weighted by Crippen LogP contribution is -2.32. The molecule has 0 radical (unpaired) electrons. The quantitative estimate of drug-likeness (QED) is 0.879. The number of carbonyl (C=O) groups is 1. The van der Waals surface area contributed by atoms with E-state index < -0.39 is 0 Å². The molecule has 2 aromatic heterocycles. The third-order valence-electron chi connectivity index (χ3n) is 3.53. The number of pyridine rings is 1. The number of nitrogens with one attached hydrogen (secondary N) is 1. The zero-order valence-electron chi connectivity index (χ0n) is 10.5. The van der Waals surface area contributed by atoms with Gasteiger partial charge in [-0.15, -0.1) is 0 Å². The number of imidazole rings is 1. The Morgan fingerprint density at radius 3 is 3.00 bits per heavy atom. The number of nitrogens with zero attached hydrogens (tertiary/aromatic N) is 2. The summed E-state index contributed by atoms with van der Waals surface area (Å²) in [6.07, 6.45) is 8.51. The molecule has 94 valence electrons. The van der Waals surface area contributed by atoms with Gasteiger partial charge in [-0.2, -0.15) is 0 Å². The van der Waals surface area contributed by atoms with Crippen LogP contribution in [0.15, 0.2) is 24.5 Å². The Morgan fingerprint density at radius 2 is 2.22 bits per heavy atom. The molecule has 0 unspecified atom stereocenters. The molecule has 4 nitrogen and oxygen atoms in total. The summed E-state index contributed by atoms with van der Waals surface area (Å²) >= 11 is 0. The molecule has 0 atom stereocenters. The smallest absolute Gasteiger partial charge is 0.251 e. The van der Waals surface area contributed by atoms with Gasteiger partial charge in [0.05, 0.1) is 5.69 Å². The first-order chi connectivity index (χ1) is 8.72. The number of rotatable bonds is 2. The van der Waals surface area contributed by atoms with Crippen LogP contribution in [-0.4, -0.2) is 21.3 Å². The molecule has 2 heterocycles. The average molecular weight is 243 g/mol. The molecular formula is C14H17N3O. The van der Waals surface area contributed by atoms with Crippen molar-refractivity contribution in [2.45, 2.75) is 38.6 Å². The van der Waals surface area contributed by atoms with Gasteiger partial charge in [-0.05, 0) is 31.9 Å². The lowest BCUT2D eigenvalue weighted by molar-refractivity contribution is 0.0938. The number of carbonyl (C=O) groups excluding carboxylic acids is 1. The number of hydrogen-bond donors (Lipinski definition) is 1. The molecule has 1 saturated carbocycles. The van der Waals surface area contributed by atoms with Crippen molar-refractivity contribution in [3.8, 4) is 0 Å². The molecule has 18 heavy (non-hydrogen) atoms. The molecule has 4 heteroatoms. The highest BCUT2D eigenvalue weighted by Gasteiger charge is 2.18. The van der Waals surface area contributed by atoms with Crippen molar-refractivity contribution in [1.29, 1.82) is 0 Å². The van der Waals surface area contributed by atoms with Gasteiger partial charge in [0.2, 0.25) is 0 Å². The fraction of sp³-hybridized carbons (Fsp3) is 0.429. The van der Waals surface area contributed by atoms with E-state index in [1.807, 2.05) is 35.9 Å². The van der Waals surface area contributed by atoms with Crippen molar-refractivity contribution < 1.29 is 4.79 Å². The minimum Gasteiger partial charge on any atom is -0.349 e. The fourth-order valence-corrected chi connectivity index (χ4v) is 2.59. The van der Waals surface area contributed by atoms with Gasteiger partial charge in [-0.3, -0.25) is 4.79 Å². The molecule has 2 aromatic rings. The lowest BCUT2D eigenvalue weighted by atomic mass is 10.2. The summed E-state index contributed by atoms with van der Waals surface area (Å²) in [6, 6.07) is 4.05. The molecule has 0 saturated heterocycles. The van der Waals surface area contributed by atoms with E-state index in [4.69, 9.17) is 0 Å². The highest BCUT2D eigenvalue weighted by atomic mass is 16.1. The van der Waals surface area contributed by atoms with Crippen LogP contribution >= 0.6 is 0 Å². The summed E-state index contributed by atoms with van der Waals surface area (Å²) < 4.78 is 1.93. The first-order valence-electron chi connectivity index (χ1n) is 6.48. The van der Waals surface area contributed by atoms with E-state index >= 15 is 0 Å². The van der Waals surface area contributed by atoms with Gasteiger partial charge in [0.25, 0.3) is 5.91 Å². The maximum absolute atomic E-state index is 12.1. The van der Waals surface area contributed by atoms with Crippen molar-refractivity contribution in [3.05, 3.63) is 35.8 Å². The van der Waals surface area contributed by atoms with Crippen molar-refractivity contribution in [2.75, 3.05) is 0 Å². The summed E-state index contributed by atoms with van der Waals surface area (Å²) in [5.41, 5.74) is 2.48. The van der Waals surface area contributed by atoms with Gasteiger partial charge in [-0.1, -0.05) is 12.8 Å². The highest BCUT2D eigenvalue weighted by molar-refractivity contribution is 5.95. The first-order valence-corrected chi connectivity index (χ1v) is 6.48. The van der Waals surface area contributed by atoms with Gasteiger partial charge in [0.1, 0.15) is 5.65 Å². The van der Waals surface area contributed by atoms with Crippen LogP contribution in [-0.2, 0) is 0 Å². The zero-order valence-corrected chi connectivity index (χ0v) is 10.5. The molecule has 1 aliphatic rings.